The van der Waals surface area contributed by atoms with Gasteiger partial charge < -0.3 is 4.74 Å². The highest BCUT2D eigenvalue weighted by Gasteiger charge is 2.03. The molecular weight excluding hydrogens is 227 g/mol. The third kappa shape index (κ3) is 1.71. The van der Waals surface area contributed by atoms with Gasteiger partial charge in [-0.15, -0.1) is 0 Å². The van der Waals surface area contributed by atoms with Crippen LogP contribution in [0.25, 0.3) is 0 Å². The SMILES string of the molecule is COC1=C(I)C[CH]C=C1. The van der Waals surface area contributed by atoms with E-state index in [4.69, 9.17) is 4.74 Å². The number of hydrogen-bond acceptors (Lipinski definition) is 1. The zero-order valence-corrected chi connectivity index (χ0v) is 7.38. The van der Waals surface area contributed by atoms with Crippen molar-refractivity contribution >= 4 is 22.6 Å². The van der Waals surface area contributed by atoms with Gasteiger partial charge in [-0.25, -0.2) is 0 Å². The Morgan fingerprint density at radius 2 is 2.44 bits per heavy atom. The Labute approximate surface area is 68.9 Å². The van der Waals surface area contributed by atoms with E-state index in [0.717, 1.165) is 12.2 Å². The van der Waals surface area contributed by atoms with Gasteiger partial charge in [-0.3, -0.25) is 0 Å². The summed E-state index contributed by atoms with van der Waals surface area (Å²) < 4.78 is 6.34. The molecule has 0 aromatic carbocycles. The van der Waals surface area contributed by atoms with Gasteiger partial charge in [-0.2, -0.15) is 0 Å². The predicted molar refractivity (Wildman–Crippen MR) is 46.1 cm³/mol. The van der Waals surface area contributed by atoms with Crippen molar-refractivity contribution in [1.82, 2.24) is 0 Å². The maximum atomic E-state index is 5.07. The third-order valence-electron chi connectivity index (χ3n) is 1.17. The molecule has 0 fully saturated rings. The fourth-order valence-electron chi connectivity index (χ4n) is 0.697. The molecule has 0 heterocycles. The Kier molecular flexibility index (Phi) is 2.57. The first kappa shape index (κ1) is 7.12. The van der Waals surface area contributed by atoms with Crippen LogP contribution in [-0.2, 0) is 4.74 Å². The second-order valence-electron chi connectivity index (χ2n) is 1.77. The lowest BCUT2D eigenvalue weighted by Crippen LogP contribution is -1.90. The number of allylic oxidation sites excluding steroid dienone is 3. The average Bonchev–Trinajstić information content (AvgIpc) is 1.89. The standard InChI is InChI=1S/C7H8IO/c1-9-7-5-3-2-4-6(7)8/h2-3,5H,4H2,1H3. The van der Waals surface area contributed by atoms with Crippen LogP contribution in [0.1, 0.15) is 6.42 Å². The predicted octanol–water partition coefficient (Wildman–Crippen LogP) is 2.44. The third-order valence-corrected chi connectivity index (χ3v) is 2.14. The molecule has 1 radical (unpaired) electrons. The zero-order valence-electron chi connectivity index (χ0n) is 5.23. The summed E-state index contributed by atoms with van der Waals surface area (Å²) in [6.07, 6.45) is 7.12. The van der Waals surface area contributed by atoms with Gasteiger partial charge in [0.05, 0.1) is 7.11 Å². The molecule has 0 saturated carbocycles. The molecular formula is C7H8IO. The summed E-state index contributed by atoms with van der Waals surface area (Å²) in [5, 5.41) is 0. The summed E-state index contributed by atoms with van der Waals surface area (Å²) in [4.78, 5) is 0. The van der Waals surface area contributed by atoms with E-state index in [9.17, 15) is 0 Å². The Bertz CT molecular complexity index is 158. The van der Waals surface area contributed by atoms with Crippen LogP contribution in [-0.4, -0.2) is 7.11 Å². The number of hydrogen-bond donors (Lipinski definition) is 0. The average molecular weight is 235 g/mol. The lowest BCUT2D eigenvalue weighted by Gasteiger charge is -2.07. The van der Waals surface area contributed by atoms with Gasteiger partial charge in [0.1, 0.15) is 5.76 Å². The number of rotatable bonds is 1. The van der Waals surface area contributed by atoms with E-state index in [1.807, 2.05) is 12.2 Å². The summed E-state index contributed by atoms with van der Waals surface area (Å²) in [6.45, 7) is 0. The minimum Gasteiger partial charge on any atom is -0.496 e. The van der Waals surface area contributed by atoms with Crippen LogP contribution in [0.5, 0.6) is 0 Å². The van der Waals surface area contributed by atoms with Crippen LogP contribution in [0.15, 0.2) is 21.5 Å². The normalized spacial score (nSPS) is 18.4. The van der Waals surface area contributed by atoms with Crippen LogP contribution < -0.4 is 0 Å². The molecule has 0 N–H and O–H groups in total. The fourth-order valence-corrected chi connectivity index (χ4v) is 1.35. The molecule has 2 heteroatoms. The van der Waals surface area contributed by atoms with Gasteiger partial charge >= 0.3 is 0 Å². The summed E-state index contributed by atoms with van der Waals surface area (Å²) in [5.74, 6) is 0.998. The van der Waals surface area contributed by atoms with Gasteiger partial charge in [0.2, 0.25) is 0 Å². The first-order chi connectivity index (χ1) is 4.34. The van der Waals surface area contributed by atoms with E-state index in [1.165, 1.54) is 3.58 Å². The van der Waals surface area contributed by atoms with Crippen molar-refractivity contribution in [2.45, 2.75) is 6.42 Å². The van der Waals surface area contributed by atoms with Gasteiger partial charge in [0, 0.05) is 3.58 Å². The molecule has 0 saturated heterocycles. The Morgan fingerprint density at radius 1 is 1.67 bits per heavy atom. The zero-order chi connectivity index (χ0) is 6.69. The van der Waals surface area contributed by atoms with Gasteiger partial charge in [0.25, 0.3) is 0 Å². The monoisotopic (exact) mass is 235 g/mol. The van der Waals surface area contributed by atoms with Gasteiger partial charge in [-0.05, 0) is 41.5 Å². The summed E-state index contributed by atoms with van der Waals surface area (Å²) in [5.41, 5.74) is 0. The maximum Gasteiger partial charge on any atom is 0.127 e. The highest BCUT2D eigenvalue weighted by atomic mass is 127. The second kappa shape index (κ2) is 3.25. The quantitative estimate of drug-likeness (QED) is 0.634. The van der Waals surface area contributed by atoms with Crippen molar-refractivity contribution in [2.75, 3.05) is 7.11 Å². The molecule has 1 nitrogen and oxygen atoms in total. The van der Waals surface area contributed by atoms with Crippen LogP contribution in [0, 0.1) is 6.42 Å². The van der Waals surface area contributed by atoms with E-state index in [2.05, 4.69) is 29.0 Å². The minimum atomic E-state index is 0.998. The summed E-state index contributed by atoms with van der Waals surface area (Å²) >= 11 is 2.29. The molecule has 1 aliphatic carbocycles. The molecule has 49 valence electrons. The fraction of sp³-hybridized carbons (Fsp3) is 0.286. The lowest BCUT2D eigenvalue weighted by molar-refractivity contribution is 0.304. The van der Waals surface area contributed by atoms with E-state index in [-0.39, 0.29) is 0 Å². The second-order valence-corrected chi connectivity index (χ2v) is 3.07. The first-order valence-electron chi connectivity index (χ1n) is 2.77. The Morgan fingerprint density at radius 3 is 2.89 bits per heavy atom. The van der Waals surface area contributed by atoms with Crippen LogP contribution in [0.4, 0.5) is 0 Å². The Balaban J connectivity index is 2.72. The number of methoxy groups -OCH3 is 1. The summed E-state index contributed by atoms with van der Waals surface area (Å²) in [7, 11) is 1.70. The molecule has 1 aliphatic rings. The lowest BCUT2D eigenvalue weighted by atomic mass is 10.2. The topological polar surface area (TPSA) is 9.23 Å². The molecule has 0 aromatic heterocycles. The van der Waals surface area contributed by atoms with Crippen molar-refractivity contribution in [3.05, 3.63) is 27.9 Å². The van der Waals surface area contributed by atoms with Crippen molar-refractivity contribution in [1.29, 1.82) is 0 Å². The van der Waals surface area contributed by atoms with Gasteiger partial charge in [-0.1, -0.05) is 6.08 Å². The molecule has 0 aromatic rings. The molecule has 0 atom stereocenters. The smallest absolute Gasteiger partial charge is 0.127 e. The largest absolute Gasteiger partial charge is 0.496 e. The van der Waals surface area contributed by atoms with E-state index < -0.39 is 0 Å². The van der Waals surface area contributed by atoms with Gasteiger partial charge in [0.15, 0.2) is 0 Å². The van der Waals surface area contributed by atoms with E-state index in [1.54, 1.807) is 7.11 Å². The van der Waals surface area contributed by atoms with E-state index in [0.29, 0.717) is 0 Å². The maximum absolute atomic E-state index is 5.07. The number of ether oxygens (including phenoxy) is 1. The van der Waals surface area contributed by atoms with Crippen LogP contribution in [0.3, 0.4) is 0 Å². The molecule has 9 heavy (non-hydrogen) atoms. The van der Waals surface area contributed by atoms with Crippen molar-refractivity contribution < 1.29 is 4.74 Å². The molecule has 0 aliphatic heterocycles. The van der Waals surface area contributed by atoms with Crippen molar-refractivity contribution in [3.8, 4) is 0 Å². The highest BCUT2D eigenvalue weighted by Crippen LogP contribution is 2.23. The molecule has 0 spiro atoms. The van der Waals surface area contributed by atoms with E-state index >= 15 is 0 Å². The Hall–Kier alpha value is 0.01000. The minimum absolute atomic E-state index is 0.998. The van der Waals surface area contributed by atoms with Crippen molar-refractivity contribution in [3.63, 3.8) is 0 Å². The highest BCUT2D eigenvalue weighted by molar-refractivity contribution is 14.1. The summed E-state index contributed by atoms with van der Waals surface area (Å²) in [6, 6.07) is 0. The molecule has 0 bridgehead atoms. The number of halogens is 1. The molecule has 0 unspecified atom stereocenters. The van der Waals surface area contributed by atoms with Crippen LogP contribution >= 0.6 is 22.6 Å². The first-order valence-corrected chi connectivity index (χ1v) is 3.85. The molecule has 1 rings (SSSR count). The van der Waals surface area contributed by atoms with Crippen molar-refractivity contribution in [2.24, 2.45) is 0 Å². The molecule has 0 amide bonds. The van der Waals surface area contributed by atoms with Crippen LogP contribution in [0.2, 0.25) is 0 Å².